The number of nitrogens with two attached hydrogens (primary N) is 1. The molecule has 1 amide bonds. The zero-order chi connectivity index (χ0) is 21.7. The van der Waals surface area contributed by atoms with Crippen LogP contribution in [-0.2, 0) is 22.6 Å². The number of rotatable bonds is 10. The number of amides is 1. The maximum atomic E-state index is 11.6. The van der Waals surface area contributed by atoms with Gasteiger partial charge < -0.3 is 19.8 Å². The van der Waals surface area contributed by atoms with Crippen LogP contribution >= 0.6 is 0 Å². The molecule has 0 atom stereocenters. The third kappa shape index (κ3) is 5.17. The lowest BCUT2D eigenvalue weighted by atomic mass is 10.1. The summed E-state index contributed by atoms with van der Waals surface area (Å²) in [5.41, 5.74) is 7.70. The fourth-order valence-electron chi connectivity index (χ4n) is 3.10. The van der Waals surface area contributed by atoms with Gasteiger partial charge in [-0.3, -0.25) is 10.1 Å². The van der Waals surface area contributed by atoms with Crippen LogP contribution < -0.4 is 15.8 Å². The number of hydrogen-bond acceptors (Lipinski definition) is 5. The smallest absolute Gasteiger partial charge is 0.237 e. The zero-order valence-electron chi connectivity index (χ0n) is 18.1. The lowest BCUT2D eigenvalue weighted by molar-refractivity contribution is -0.123. The topological polar surface area (TPSA) is 91.4 Å². The summed E-state index contributed by atoms with van der Waals surface area (Å²) in [5, 5.41) is 3.21. The summed E-state index contributed by atoms with van der Waals surface area (Å²) in [6.07, 6.45) is 0.844. The van der Waals surface area contributed by atoms with Crippen molar-refractivity contribution in [1.29, 1.82) is 0 Å². The van der Waals surface area contributed by atoms with Crippen LogP contribution in [0.4, 0.5) is 0 Å². The van der Waals surface area contributed by atoms with Gasteiger partial charge in [0.25, 0.3) is 0 Å². The summed E-state index contributed by atoms with van der Waals surface area (Å²) >= 11 is 0. The molecule has 0 bridgehead atoms. The van der Waals surface area contributed by atoms with E-state index in [2.05, 4.69) is 9.88 Å². The van der Waals surface area contributed by atoms with E-state index in [0.29, 0.717) is 13.2 Å². The second kappa shape index (κ2) is 9.28. The fraction of sp³-hybridized carbons (Fsp3) is 0.391. The highest BCUT2D eigenvalue weighted by Crippen LogP contribution is 2.27. The highest BCUT2D eigenvalue weighted by atomic mass is 16.5. The van der Waals surface area contributed by atoms with E-state index < -0.39 is 11.4 Å². The average molecular weight is 411 g/mol. The Bertz CT molecular complexity index is 1010. The van der Waals surface area contributed by atoms with E-state index in [1.54, 1.807) is 21.0 Å². The van der Waals surface area contributed by atoms with Crippen molar-refractivity contribution in [3.05, 3.63) is 53.9 Å². The second-order valence-electron chi connectivity index (χ2n) is 7.93. The summed E-state index contributed by atoms with van der Waals surface area (Å²) in [6.45, 7) is 7.39. The van der Waals surface area contributed by atoms with Crippen LogP contribution in [0.2, 0.25) is 0 Å². The number of nitrogens with zero attached hydrogens (tertiary/aromatic N) is 2. The molecule has 30 heavy (non-hydrogen) atoms. The van der Waals surface area contributed by atoms with Gasteiger partial charge >= 0.3 is 0 Å². The standard InChI is InChI=1S/C23H30N4O3/c1-16-6-8-17(9-7-16)30-18-10-11-19-20(14-18)27(12-5-13-29-4)21(26-19)15-25-23(2,3)22(24)28/h6-11,14,25H,5,12-13,15H2,1-4H3,(H2,24,28). The Morgan fingerprint density at radius 1 is 1.17 bits per heavy atom. The molecule has 0 saturated heterocycles. The van der Waals surface area contributed by atoms with Crippen LogP contribution in [0.25, 0.3) is 11.0 Å². The van der Waals surface area contributed by atoms with Crippen LogP contribution in [0.3, 0.4) is 0 Å². The van der Waals surface area contributed by atoms with Crippen molar-refractivity contribution >= 4 is 16.9 Å². The average Bonchev–Trinajstić information content (AvgIpc) is 3.05. The largest absolute Gasteiger partial charge is 0.457 e. The molecule has 7 heteroatoms. The molecule has 1 heterocycles. The predicted molar refractivity (Wildman–Crippen MR) is 118 cm³/mol. The first kappa shape index (κ1) is 21.8. The lowest BCUT2D eigenvalue weighted by Crippen LogP contribution is -2.50. The van der Waals surface area contributed by atoms with Gasteiger partial charge in [0.1, 0.15) is 17.3 Å². The van der Waals surface area contributed by atoms with E-state index >= 15 is 0 Å². The number of benzene rings is 2. The molecule has 0 radical (unpaired) electrons. The van der Waals surface area contributed by atoms with E-state index in [1.807, 2.05) is 49.4 Å². The summed E-state index contributed by atoms with van der Waals surface area (Å²) in [6, 6.07) is 13.8. The van der Waals surface area contributed by atoms with Gasteiger partial charge in [-0.05, 0) is 51.5 Å². The van der Waals surface area contributed by atoms with Crippen molar-refractivity contribution in [2.75, 3.05) is 13.7 Å². The number of hydrogen-bond donors (Lipinski definition) is 2. The van der Waals surface area contributed by atoms with E-state index in [-0.39, 0.29) is 0 Å². The number of carbonyl (C=O) groups is 1. The van der Waals surface area contributed by atoms with Crippen LogP contribution in [-0.4, -0.2) is 34.7 Å². The predicted octanol–water partition coefficient (Wildman–Crippen LogP) is 3.53. The number of carbonyl (C=O) groups excluding carboxylic acids is 1. The highest BCUT2D eigenvalue weighted by Gasteiger charge is 2.25. The monoisotopic (exact) mass is 410 g/mol. The minimum absolute atomic E-state index is 0.404. The lowest BCUT2D eigenvalue weighted by Gasteiger charge is -2.22. The van der Waals surface area contributed by atoms with Gasteiger partial charge in [-0.15, -0.1) is 0 Å². The Balaban J connectivity index is 1.90. The summed E-state index contributed by atoms with van der Waals surface area (Å²) in [7, 11) is 1.69. The molecule has 0 aliphatic rings. The first-order valence-corrected chi connectivity index (χ1v) is 10.1. The number of aromatic nitrogens is 2. The van der Waals surface area contributed by atoms with Crippen molar-refractivity contribution in [1.82, 2.24) is 14.9 Å². The van der Waals surface area contributed by atoms with Crippen molar-refractivity contribution in [2.24, 2.45) is 5.73 Å². The number of nitrogens with one attached hydrogen (secondary N) is 1. The molecule has 0 unspecified atom stereocenters. The van der Waals surface area contributed by atoms with Crippen molar-refractivity contribution in [3.63, 3.8) is 0 Å². The Hall–Kier alpha value is -2.90. The van der Waals surface area contributed by atoms with Gasteiger partial charge in [0.2, 0.25) is 5.91 Å². The van der Waals surface area contributed by atoms with E-state index in [1.165, 1.54) is 5.56 Å². The molecule has 3 N–H and O–H groups in total. The Morgan fingerprint density at radius 3 is 2.53 bits per heavy atom. The molecule has 3 rings (SSSR count). The molecule has 2 aromatic carbocycles. The quantitative estimate of drug-likeness (QED) is 0.499. The van der Waals surface area contributed by atoms with Crippen molar-refractivity contribution in [2.45, 2.75) is 45.8 Å². The van der Waals surface area contributed by atoms with Crippen LogP contribution in [0, 0.1) is 6.92 Å². The van der Waals surface area contributed by atoms with Gasteiger partial charge in [0.05, 0.1) is 23.1 Å². The van der Waals surface area contributed by atoms with E-state index in [9.17, 15) is 4.79 Å². The van der Waals surface area contributed by atoms with Crippen LogP contribution in [0.15, 0.2) is 42.5 Å². The summed E-state index contributed by atoms with van der Waals surface area (Å²) in [5.74, 6) is 1.97. The maximum Gasteiger partial charge on any atom is 0.237 e. The fourth-order valence-corrected chi connectivity index (χ4v) is 3.10. The number of primary amides is 1. The first-order chi connectivity index (χ1) is 14.3. The number of imidazole rings is 1. The van der Waals surface area contributed by atoms with Crippen molar-refractivity contribution in [3.8, 4) is 11.5 Å². The molecular formula is C23H30N4O3. The highest BCUT2D eigenvalue weighted by molar-refractivity contribution is 5.83. The third-order valence-electron chi connectivity index (χ3n) is 5.09. The third-order valence-corrected chi connectivity index (χ3v) is 5.09. The minimum atomic E-state index is -0.824. The zero-order valence-corrected chi connectivity index (χ0v) is 18.1. The summed E-state index contributed by atoms with van der Waals surface area (Å²) in [4.78, 5) is 16.4. The number of fused-ring (bicyclic) bond motifs is 1. The molecule has 1 aromatic heterocycles. The number of methoxy groups -OCH3 is 1. The Morgan fingerprint density at radius 2 is 1.87 bits per heavy atom. The molecule has 160 valence electrons. The number of aryl methyl sites for hydroxylation is 2. The van der Waals surface area contributed by atoms with E-state index in [0.717, 1.165) is 41.3 Å². The summed E-state index contributed by atoms with van der Waals surface area (Å²) < 4.78 is 13.4. The van der Waals surface area contributed by atoms with Crippen molar-refractivity contribution < 1.29 is 14.3 Å². The maximum absolute atomic E-state index is 11.6. The van der Waals surface area contributed by atoms with Gasteiger partial charge in [-0.1, -0.05) is 17.7 Å². The molecule has 0 saturated carbocycles. The van der Waals surface area contributed by atoms with Crippen LogP contribution in [0.1, 0.15) is 31.7 Å². The number of ether oxygens (including phenoxy) is 2. The SMILES string of the molecule is COCCCn1c(CNC(C)(C)C(N)=O)nc2ccc(Oc3ccc(C)cc3)cc21. The second-order valence-corrected chi connectivity index (χ2v) is 7.93. The molecule has 0 spiro atoms. The Kier molecular flexibility index (Phi) is 6.74. The molecular weight excluding hydrogens is 380 g/mol. The molecule has 3 aromatic rings. The van der Waals surface area contributed by atoms with Crippen LogP contribution in [0.5, 0.6) is 11.5 Å². The Labute approximate surface area is 177 Å². The molecule has 0 aliphatic carbocycles. The molecule has 7 nitrogen and oxygen atoms in total. The molecule has 0 aliphatic heterocycles. The normalized spacial score (nSPS) is 11.7. The molecule has 0 fully saturated rings. The first-order valence-electron chi connectivity index (χ1n) is 10.1. The minimum Gasteiger partial charge on any atom is -0.457 e. The van der Waals surface area contributed by atoms with Gasteiger partial charge in [-0.2, -0.15) is 0 Å². The van der Waals surface area contributed by atoms with Gasteiger partial charge in [-0.25, -0.2) is 4.98 Å². The van der Waals surface area contributed by atoms with Gasteiger partial charge in [0.15, 0.2) is 0 Å². The van der Waals surface area contributed by atoms with Gasteiger partial charge in [0, 0.05) is 26.3 Å². The van der Waals surface area contributed by atoms with E-state index in [4.69, 9.17) is 20.2 Å².